The fourth-order valence-electron chi connectivity index (χ4n) is 2.07. The van der Waals surface area contributed by atoms with E-state index in [1.165, 1.54) is 24.6 Å². The Bertz CT molecular complexity index is 526. The molecule has 1 aliphatic carbocycles. The van der Waals surface area contributed by atoms with E-state index in [4.69, 9.17) is 0 Å². The standard InChI is InChI=1S/C13H15FN2/c1-8-11-6-9(14)2-5-12(11)16-13(8)7-15-10-3-4-10/h2,5-6,10,15-16H,3-4,7H2,1H3. The van der Waals surface area contributed by atoms with E-state index in [0.29, 0.717) is 6.04 Å². The molecule has 1 aliphatic rings. The van der Waals surface area contributed by atoms with Crippen molar-refractivity contribution in [3.05, 3.63) is 35.3 Å². The van der Waals surface area contributed by atoms with Crippen LogP contribution in [0.1, 0.15) is 24.1 Å². The summed E-state index contributed by atoms with van der Waals surface area (Å²) < 4.78 is 13.1. The molecule has 1 aromatic heterocycles. The van der Waals surface area contributed by atoms with Gasteiger partial charge in [-0.05, 0) is 43.5 Å². The molecule has 0 saturated heterocycles. The number of hydrogen-bond donors (Lipinski definition) is 2. The lowest BCUT2D eigenvalue weighted by atomic mass is 10.1. The number of rotatable bonds is 3. The number of H-pyrrole nitrogens is 1. The minimum absolute atomic E-state index is 0.170. The molecule has 2 N–H and O–H groups in total. The molecule has 1 fully saturated rings. The average Bonchev–Trinajstić information content (AvgIpc) is 3.04. The van der Waals surface area contributed by atoms with Gasteiger partial charge in [-0.2, -0.15) is 0 Å². The molecule has 0 spiro atoms. The Hall–Kier alpha value is -1.35. The summed E-state index contributed by atoms with van der Waals surface area (Å²) in [5.41, 5.74) is 3.35. The quantitative estimate of drug-likeness (QED) is 0.814. The first-order chi connectivity index (χ1) is 7.74. The maximum atomic E-state index is 13.1. The van der Waals surface area contributed by atoms with Crippen molar-refractivity contribution in [2.24, 2.45) is 0 Å². The van der Waals surface area contributed by atoms with Crippen molar-refractivity contribution in [2.45, 2.75) is 32.4 Å². The van der Waals surface area contributed by atoms with E-state index >= 15 is 0 Å². The van der Waals surface area contributed by atoms with Crippen LogP contribution < -0.4 is 5.32 Å². The molecule has 1 saturated carbocycles. The second-order valence-corrected chi connectivity index (χ2v) is 4.57. The van der Waals surface area contributed by atoms with E-state index in [1.54, 1.807) is 12.1 Å². The van der Waals surface area contributed by atoms with E-state index in [1.807, 2.05) is 6.92 Å². The Morgan fingerprint density at radius 2 is 2.25 bits per heavy atom. The molecule has 3 rings (SSSR count). The minimum Gasteiger partial charge on any atom is -0.357 e. The first-order valence-corrected chi connectivity index (χ1v) is 5.74. The van der Waals surface area contributed by atoms with Gasteiger partial charge in [0.1, 0.15) is 5.82 Å². The zero-order valence-corrected chi connectivity index (χ0v) is 9.31. The summed E-state index contributed by atoms with van der Waals surface area (Å²) in [6.07, 6.45) is 2.57. The van der Waals surface area contributed by atoms with E-state index in [-0.39, 0.29) is 5.82 Å². The first-order valence-electron chi connectivity index (χ1n) is 5.74. The second-order valence-electron chi connectivity index (χ2n) is 4.57. The van der Waals surface area contributed by atoms with Gasteiger partial charge in [-0.25, -0.2) is 4.39 Å². The molecule has 2 nitrogen and oxygen atoms in total. The van der Waals surface area contributed by atoms with Gasteiger partial charge in [-0.3, -0.25) is 0 Å². The van der Waals surface area contributed by atoms with E-state index in [2.05, 4.69) is 10.3 Å². The van der Waals surface area contributed by atoms with Crippen LogP contribution in [-0.2, 0) is 6.54 Å². The third-order valence-electron chi connectivity index (χ3n) is 3.27. The number of aromatic nitrogens is 1. The Kier molecular flexibility index (Phi) is 2.21. The summed E-state index contributed by atoms with van der Waals surface area (Å²) in [6.45, 7) is 2.90. The van der Waals surface area contributed by atoms with Crippen LogP contribution in [0.3, 0.4) is 0 Å². The molecule has 0 unspecified atom stereocenters. The van der Waals surface area contributed by atoms with Gasteiger partial charge in [0, 0.05) is 29.2 Å². The summed E-state index contributed by atoms with van der Waals surface area (Å²) in [6, 6.07) is 5.60. The highest BCUT2D eigenvalue weighted by Crippen LogP contribution is 2.24. The normalized spacial score (nSPS) is 15.9. The van der Waals surface area contributed by atoms with Crippen LogP contribution >= 0.6 is 0 Å². The molecule has 84 valence electrons. The van der Waals surface area contributed by atoms with Crippen molar-refractivity contribution < 1.29 is 4.39 Å². The van der Waals surface area contributed by atoms with Crippen LogP contribution in [0.2, 0.25) is 0 Å². The fourth-order valence-corrected chi connectivity index (χ4v) is 2.07. The SMILES string of the molecule is Cc1c(CNC2CC2)[nH]c2ccc(F)cc12. The smallest absolute Gasteiger partial charge is 0.123 e. The third kappa shape index (κ3) is 1.71. The molecule has 0 radical (unpaired) electrons. The lowest BCUT2D eigenvalue weighted by molar-refractivity contribution is 0.629. The lowest BCUT2D eigenvalue weighted by Gasteiger charge is -2.01. The van der Waals surface area contributed by atoms with Gasteiger partial charge in [0.25, 0.3) is 0 Å². The Labute approximate surface area is 93.9 Å². The maximum Gasteiger partial charge on any atom is 0.123 e. The topological polar surface area (TPSA) is 27.8 Å². The highest BCUT2D eigenvalue weighted by Gasteiger charge is 2.20. The van der Waals surface area contributed by atoms with Crippen molar-refractivity contribution >= 4 is 10.9 Å². The predicted molar refractivity (Wildman–Crippen MR) is 62.9 cm³/mol. The van der Waals surface area contributed by atoms with E-state index in [0.717, 1.165) is 23.0 Å². The number of fused-ring (bicyclic) bond motifs is 1. The Morgan fingerprint density at radius 1 is 1.44 bits per heavy atom. The minimum atomic E-state index is -0.170. The molecule has 0 amide bonds. The molecular formula is C13H15FN2. The summed E-state index contributed by atoms with van der Waals surface area (Å²) in [5.74, 6) is -0.170. The van der Waals surface area contributed by atoms with E-state index < -0.39 is 0 Å². The van der Waals surface area contributed by atoms with Gasteiger partial charge < -0.3 is 10.3 Å². The number of nitrogens with one attached hydrogen (secondary N) is 2. The first kappa shape index (κ1) is 9.85. The molecule has 3 heteroatoms. The summed E-state index contributed by atoms with van der Waals surface area (Å²) in [4.78, 5) is 3.35. The van der Waals surface area contributed by atoms with Crippen molar-refractivity contribution in [3.63, 3.8) is 0 Å². The number of benzene rings is 1. The maximum absolute atomic E-state index is 13.1. The largest absolute Gasteiger partial charge is 0.357 e. The zero-order valence-electron chi connectivity index (χ0n) is 9.31. The van der Waals surface area contributed by atoms with Crippen molar-refractivity contribution in [3.8, 4) is 0 Å². The average molecular weight is 218 g/mol. The summed E-state index contributed by atoms with van der Waals surface area (Å²) >= 11 is 0. The number of hydrogen-bond acceptors (Lipinski definition) is 1. The van der Waals surface area contributed by atoms with Gasteiger partial charge in [0.2, 0.25) is 0 Å². The summed E-state index contributed by atoms with van der Waals surface area (Å²) in [7, 11) is 0. The van der Waals surface area contributed by atoms with Crippen LogP contribution in [0.25, 0.3) is 10.9 Å². The highest BCUT2D eigenvalue weighted by molar-refractivity contribution is 5.84. The predicted octanol–water partition coefficient (Wildman–Crippen LogP) is 2.87. The monoisotopic (exact) mass is 218 g/mol. The molecular weight excluding hydrogens is 203 g/mol. The number of aryl methyl sites for hydroxylation is 1. The van der Waals surface area contributed by atoms with Crippen LogP contribution in [0.4, 0.5) is 4.39 Å². The molecule has 0 bridgehead atoms. The van der Waals surface area contributed by atoms with Crippen molar-refractivity contribution in [1.29, 1.82) is 0 Å². The third-order valence-corrected chi connectivity index (χ3v) is 3.27. The molecule has 0 aliphatic heterocycles. The Morgan fingerprint density at radius 3 is 3.00 bits per heavy atom. The summed E-state index contributed by atoms with van der Waals surface area (Å²) in [5, 5.41) is 4.46. The molecule has 1 heterocycles. The van der Waals surface area contributed by atoms with Crippen molar-refractivity contribution in [1.82, 2.24) is 10.3 Å². The van der Waals surface area contributed by atoms with E-state index in [9.17, 15) is 4.39 Å². The van der Waals surface area contributed by atoms with Gasteiger partial charge in [0.15, 0.2) is 0 Å². The second kappa shape index (κ2) is 3.59. The fraction of sp³-hybridized carbons (Fsp3) is 0.385. The zero-order chi connectivity index (χ0) is 11.1. The van der Waals surface area contributed by atoms with Gasteiger partial charge >= 0.3 is 0 Å². The number of aromatic amines is 1. The molecule has 16 heavy (non-hydrogen) atoms. The lowest BCUT2D eigenvalue weighted by Crippen LogP contribution is -2.16. The van der Waals surface area contributed by atoms with Gasteiger partial charge in [-0.1, -0.05) is 0 Å². The molecule has 2 aromatic rings. The van der Waals surface area contributed by atoms with Gasteiger partial charge in [0.05, 0.1) is 0 Å². The molecule has 0 atom stereocenters. The van der Waals surface area contributed by atoms with Crippen LogP contribution in [-0.4, -0.2) is 11.0 Å². The van der Waals surface area contributed by atoms with Crippen LogP contribution in [0.15, 0.2) is 18.2 Å². The number of halogens is 1. The van der Waals surface area contributed by atoms with Crippen LogP contribution in [0.5, 0.6) is 0 Å². The van der Waals surface area contributed by atoms with Crippen molar-refractivity contribution in [2.75, 3.05) is 0 Å². The molecule has 1 aromatic carbocycles. The highest BCUT2D eigenvalue weighted by atomic mass is 19.1. The van der Waals surface area contributed by atoms with Gasteiger partial charge in [-0.15, -0.1) is 0 Å². The van der Waals surface area contributed by atoms with Crippen LogP contribution in [0, 0.1) is 12.7 Å². The Balaban J connectivity index is 1.94.